The number of aliphatic hydroxyl groups is 1. The quantitative estimate of drug-likeness (QED) is 0.624. The number of hydrogen-bond acceptors (Lipinski definition) is 4. The molecule has 0 aliphatic rings. The van der Waals surface area contributed by atoms with Crippen LogP contribution in [0.25, 0.3) is 0 Å². The molecule has 0 radical (unpaired) electrons. The molecular formula is C10H20N2O3S. The van der Waals surface area contributed by atoms with Gasteiger partial charge in [0.2, 0.25) is 11.8 Å². The summed E-state index contributed by atoms with van der Waals surface area (Å²) in [7, 11) is 1.54. The SMILES string of the molecule is CNC(=O)CCN(CO)C(=O)CC(C)SC. The largest absolute Gasteiger partial charge is 0.376 e. The van der Waals surface area contributed by atoms with Crippen molar-refractivity contribution in [3.63, 3.8) is 0 Å². The lowest BCUT2D eigenvalue weighted by Gasteiger charge is -2.20. The summed E-state index contributed by atoms with van der Waals surface area (Å²) in [5.41, 5.74) is 0. The van der Waals surface area contributed by atoms with Crippen LogP contribution in [-0.2, 0) is 9.59 Å². The van der Waals surface area contributed by atoms with E-state index in [4.69, 9.17) is 5.11 Å². The molecule has 6 heteroatoms. The van der Waals surface area contributed by atoms with E-state index in [-0.39, 0.29) is 36.8 Å². The van der Waals surface area contributed by atoms with Crippen molar-refractivity contribution in [3.8, 4) is 0 Å². The van der Waals surface area contributed by atoms with Crippen molar-refractivity contribution < 1.29 is 14.7 Å². The third kappa shape index (κ3) is 5.97. The first-order valence-corrected chi connectivity index (χ1v) is 6.46. The van der Waals surface area contributed by atoms with Crippen molar-refractivity contribution in [1.82, 2.24) is 10.2 Å². The van der Waals surface area contributed by atoms with Crippen LogP contribution in [0.3, 0.4) is 0 Å². The van der Waals surface area contributed by atoms with E-state index in [2.05, 4.69) is 5.32 Å². The number of nitrogens with one attached hydrogen (secondary N) is 1. The summed E-state index contributed by atoms with van der Waals surface area (Å²) in [4.78, 5) is 24.0. The predicted molar refractivity (Wildman–Crippen MR) is 65.1 cm³/mol. The molecule has 2 amide bonds. The van der Waals surface area contributed by atoms with Crippen LogP contribution in [0.4, 0.5) is 0 Å². The van der Waals surface area contributed by atoms with E-state index in [1.165, 1.54) is 4.90 Å². The van der Waals surface area contributed by atoms with Crippen LogP contribution in [0, 0.1) is 0 Å². The number of nitrogens with zero attached hydrogens (tertiary/aromatic N) is 1. The molecule has 0 saturated carbocycles. The summed E-state index contributed by atoms with van der Waals surface area (Å²) in [6.07, 6.45) is 2.54. The molecule has 1 unspecified atom stereocenters. The first kappa shape index (κ1) is 15.2. The summed E-state index contributed by atoms with van der Waals surface area (Å²) in [5.74, 6) is -0.252. The van der Waals surface area contributed by atoms with Gasteiger partial charge in [0, 0.05) is 31.7 Å². The Kier molecular flexibility index (Phi) is 8.01. The van der Waals surface area contributed by atoms with Gasteiger partial charge in [-0.25, -0.2) is 0 Å². The third-order valence-electron chi connectivity index (χ3n) is 2.28. The fourth-order valence-electron chi connectivity index (χ4n) is 1.09. The minimum Gasteiger partial charge on any atom is -0.376 e. The Bertz CT molecular complexity index is 236. The molecule has 1 atom stereocenters. The molecule has 2 N–H and O–H groups in total. The summed E-state index contributed by atoms with van der Waals surface area (Å²) in [6.45, 7) is 1.88. The highest BCUT2D eigenvalue weighted by molar-refractivity contribution is 7.99. The molecule has 0 spiro atoms. The van der Waals surface area contributed by atoms with Crippen LogP contribution < -0.4 is 5.32 Å². The monoisotopic (exact) mass is 248 g/mol. The van der Waals surface area contributed by atoms with Crippen LogP contribution in [0.1, 0.15) is 19.8 Å². The van der Waals surface area contributed by atoms with Crippen LogP contribution in [-0.4, -0.2) is 53.6 Å². The molecule has 0 bridgehead atoms. The maximum Gasteiger partial charge on any atom is 0.225 e. The smallest absolute Gasteiger partial charge is 0.225 e. The van der Waals surface area contributed by atoms with E-state index in [0.29, 0.717) is 6.42 Å². The van der Waals surface area contributed by atoms with Gasteiger partial charge >= 0.3 is 0 Å². The van der Waals surface area contributed by atoms with Crippen molar-refractivity contribution in [2.75, 3.05) is 26.6 Å². The van der Waals surface area contributed by atoms with Gasteiger partial charge in [0.05, 0.1) is 0 Å². The standard InChI is InChI=1S/C10H20N2O3S/c1-8(16-3)6-10(15)12(7-13)5-4-9(14)11-2/h8,13H,4-7H2,1-3H3,(H,11,14). The van der Waals surface area contributed by atoms with Gasteiger partial charge in [-0.05, 0) is 6.26 Å². The van der Waals surface area contributed by atoms with Gasteiger partial charge in [0.25, 0.3) is 0 Å². The Labute approximate surface area is 101 Å². The van der Waals surface area contributed by atoms with Crippen molar-refractivity contribution in [2.45, 2.75) is 25.0 Å². The summed E-state index contributed by atoms with van der Waals surface area (Å²) >= 11 is 1.60. The topological polar surface area (TPSA) is 69.6 Å². The number of hydrogen-bond donors (Lipinski definition) is 2. The number of carbonyl (C=O) groups excluding carboxylic acids is 2. The van der Waals surface area contributed by atoms with E-state index >= 15 is 0 Å². The lowest BCUT2D eigenvalue weighted by atomic mass is 10.3. The average Bonchev–Trinajstić information content (AvgIpc) is 2.29. The second-order valence-electron chi connectivity index (χ2n) is 3.47. The Hall–Kier alpha value is -0.750. The molecule has 5 nitrogen and oxygen atoms in total. The minimum absolute atomic E-state index is 0.117. The summed E-state index contributed by atoms with van der Waals surface area (Å²) in [6, 6.07) is 0. The first-order valence-electron chi connectivity index (χ1n) is 5.17. The Morgan fingerprint density at radius 1 is 1.50 bits per heavy atom. The number of amides is 2. The molecule has 0 aromatic carbocycles. The van der Waals surface area contributed by atoms with E-state index in [0.717, 1.165) is 0 Å². The predicted octanol–water partition coefficient (Wildman–Crippen LogP) is 0.0425. The minimum atomic E-state index is -0.336. The van der Waals surface area contributed by atoms with E-state index in [9.17, 15) is 9.59 Å². The normalized spacial score (nSPS) is 12.0. The molecule has 0 heterocycles. The van der Waals surface area contributed by atoms with E-state index in [1.807, 2.05) is 13.2 Å². The molecule has 94 valence electrons. The van der Waals surface area contributed by atoms with Gasteiger partial charge < -0.3 is 15.3 Å². The average molecular weight is 248 g/mol. The first-order chi connectivity index (χ1) is 7.54. The number of rotatable bonds is 7. The molecule has 0 rings (SSSR count). The Balaban J connectivity index is 4.06. The van der Waals surface area contributed by atoms with Crippen LogP contribution >= 0.6 is 11.8 Å². The molecule has 0 aromatic heterocycles. The molecule has 0 aromatic rings. The highest BCUT2D eigenvalue weighted by Crippen LogP contribution is 2.11. The van der Waals surface area contributed by atoms with E-state index in [1.54, 1.807) is 18.8 Å². The fourth-order valence-corrected chi connectivity index (χ4v) is 1.40. The maximum absolute atomic E-state index is 11.7. The molecule has 0 saturated heterocycles. The second-order valence-corrected chi connectivity index (χ2v) is 4.75. The van der Waals surface area contributed by atoms with Gasteiger partial charge in [0.1, 0.15) is 6.73 Å². The van der Waals surface area contributed by atoms with Crippen LogP contribution in [0.5, 0.6) is 0 Å². The number of carbonyl (C=O) groups is 2. The lowest BCUT2D eigenvalue weighted by Crippen LogP contribution is -2.36. The highest BCUT2D eigenvalue weighted by Gasteiger charge is 2.16. The van der Waals surface area contributed by atoms with Gasteiger partial charge in [-0.15, -0.1) is 0 Å². The van der Waals surface area contributed by atoms with Crippen molar-refractivity contribution in [3.05, 3.63) is 0 Å². The highest BCUT2D eigenvalue weighted by atomic mass is 32.2. The fraction of sp³-hybridized carbons (Fsp3) is 0.800. The zero-order valence-corrected chi connectivity index (χ0v) is 10.8. The Morgan fingerprint density at radius 3 is 2.56 bits per heavy atom. The van der Waals surface area contributed by atoms with Crippen LogP contribution in [0.2, 0.25) is 0 Å². The van der Waals surface area contributed by atoms with E-state index < -0.39 is 0 Å². The van der Waals surface area contributed by atoms with Gasteiger partial charge in [0.15, 0.2) is 0 Å². The van der Waals surface area contributed by atoms with Gasteiger partial charge in [-0.2, -0.15) is 11.8 Å². The van der Waals surface area contributed by atoms with Crippen LogP contribution in [0.15, 0.2) is 0 Å². The van der Waals surface area contributed by atoms with Gasteiger partial charge in [-0.3, -0.25) is 9.59 Å². The lowest BCUT2D eigenvalue weighted by molar-refractivity contribution is -0.135. The Morgan fingerprint density at radius 2 is 2.12 bits per heavy atom. The van der Waals surface area contributed by atoms with Gasteiger partial charge in [-0.1, -0.05) is 6.92 Å². The molecular weight excluding hydrogens is 228 g/mol. The maximum atomic E-state index is 11.7. The molecule has 0 fully saturated rings. The molecule has 0 aliphatic carbocycles. The zero-order valence-electron chi connectivity index (χ0n) is 10.0. The van der Waals surface area contributed by atoms with Crippen molar-refractivity contribution in [2.24, 2.45) is 0 Å². The number of aliphatic hydroxyl groups excluding tert-OH is 1. The zero-order chi connectivity index (χ0) is 12.6. The summed E-state index contributed by atoms with van der Waals surface area (Å²) in [5, 5.41) is 11.7. The number of thioether (sulfide) groups is 1. The summed E-state index contributed by atoms with van der Waals surface area (Å²) < 4.78 is 0. The third-order valence-corrected chi connectivity index (χ3v) is 3.25. The van der Waals surface area contributed by atoms with Crippen molar-refractivity contribution in [1.29, 1.82) is 0 Å². The molecule has 0 aliphatic heterocycles. The van der Waals surface area contributed by atoms with Crippen molar-refractivity contribution >= 4 is 23.6 Å². The second kappa shape index (κ2) is 8.41. The molecule has 16 heavy (non-hydrogen) atoms.